The summed E-state index contributed by atoms with van der Waals surface area (Å²) >= 11 is 5.58. The number of hydrogen-bond donors (Lipinski definition) is 0. The monoisotopic (exact) mass is 293 g/mol. The van der Waals surface area contributed by atoms with Crippen molar-refractivity contribution in [3.05, 3.63) is 33.3 Å². The summed E-state index contributed by atoms with van der Waals surface area (Å²) < 4.78 is 32.9. The first-order chi connectivity index (χ1) is 8.40. The zero-order valence-electron chi connectivity index (χ0n) is 8.91. The van der Waals surface area contributed by atoms with Gasteiger partial charge in [-0.05, 0) is 12.1 Å². The van der Waals surface area contributed by atoms with Crippen LogP contribution in [-0.2, 0) is 19.0 Å². The number of nitro groups is 1. The van der Waals surface area contributed by atoms with Crippen LogP contribution in [0.15, 0.2) is 23.1 Å². The Hall–Kier alpha value is -1.22. The maximum absolute atomic E-state index is 11.7. The van der Waals surface area contributed by atoms with Gasteiger partial charge >= 0.3 is 0 Å². The third kappa shape index (κ3) is 2.96. The standard InChI is InChI=1S/C9H8ClNO6S/c10-8-2-1-7(3-9(8)11(12)13)18(14,15)17-5-6-4-16-6/h1-3,6H,4-5H2/t6-/m1/s1. The number of rotatable bonds is 5. The van der Waals surface area contributed by atoms with Gasteiger partial charge in [0.05, 0.1) is 18.1 Å². The molecule has 7 nitrogen and oxygen atoms in total. The van der Waals surface area contributed by atoms with Crippen LogP contribution < -0.4 is 0 Å². The lowest BCUT2D eigenvalue weighted by Crippen LogP contribution is -2.11. The molecule has 1 aromatic carbocycles. The smallest absolute Gasteiger partial charge is 0.297 e. The van der Waals surface area contributed by atoms with Crippen molar-refractivity contribution >= 4 is 27.4 Å². The molecule has 0 saturated carbocycles. The van der Waals surface area contributed by atoms with E-state index in [0.717, 1.165) is 18.2 Å². The van der Waals surface area contributed by atoms with Gasteiger partial charge in [-0.15, -0.1) is 0 Å². The van der Waals surface area contributed by atoms with Crippen molar-refractivity contribution in [1.29, 1.82) is 0 Å². The Kier molecular flexibility index (Phi) is 3.53. The largest absolute Gasteiger partial charge is 0.371 e. The van der Waals surface area contributed by atoms with E-state index in [4.69, 9.17) is 20.5 Å². The van der Waals surface area contributed by atoms with Crippen LogP contribution in [0.1, 0.15) is 0 Å². The average Bonchev–Trinajstić information content (AvgIpc) is 3.10. The summed E-state index contributed by atoms with van der Waals surface area (Å²) in [7, 11) is -4.03. The SMILES string of the molecule is O=[N+]([O-])c1cc(S(=O)(=O)OC[C@H]2CO2)ccc1Cl. The van der Waals surface area contributed by atoms with Crippen molar-refractivity contribution in [3.8, 4) is 0 Å². The van der Waals surface area contributed by atoms with Crippen molar-refractivity contribution in [2.45, 2.75) is 11.0 Å². The second-order valence-corrected chi connectivity index (χ2v) is 5.59. The summed E-state index contributed by atoms with van der Waals surface area (Å²) in [4.78, 5) is 9.58. The van der Waals surface area contributed by atoms with Crippen LogP contribution in [0.2, 0.25) is 5.02 Å². The highest BCUT2D eigenvalue weighted by Crippen LogP contribution is 2.28. The average molecular weight is 294 g/mol. The van der Waals surface area contributed by atoms with E-state index >= 15 is 0 Å². The highest BCUT2D eigenvalue weighted by molar-refractivity contribution is 7.86. The molecule has 0 unspecified atom stereocenters. The zero-order valence-corrected chi connectivity index (χ0v) is 10.5. The molecule has 1 aromatic rings. The first kappa shape index (κ1) is 13.2. The fourth-order valence-electron chi connectivity index (χ4n) is 1.19. The van der Waals surface area contributed by atoms with Crippen molar-refractivity contribution < 1.29 is 22.3 Å². The van der Waals surface area contributed by atoms with Crippen LogP contribution in [0.3, 0.4) is 0 Å². The Bertz CT molecular complexity index is 583. The van der Waals surface area contributed by atoms with E-state index in [2.05, 4.69) is 0 Å². The Morgan fingerprint density at radius 3 is 2.78 bits per heavy atom. The highest BCUT2D eigenvalue weighted by Gasteiger charge is 2.27. The minimum absolute atomic E-state index is 0.0985. The lowest BCUT2D eigenvalue weighted by atomic mass is 10.3. The second-order valence-electron chi connectivity index (χ2n) is 3.56. The van der Waals surface area contributed by atoms with Gasteiger partial charge in [-0.3, -0.25) is 14.3 Å². The molecule has 1 fully saturated rings. The molecule has 0 spiro atoms. The maximum atomic E-state index is 11.7. The van der Waals surface area contributed by atoms with E-state index < -0.39 is 20.7 Å². The summed E-state index contributed by atoms with van der Waals surface area (Å²) in [5, 5.41) is 10.5. The van der Waals surface area contributed by atoms with Crippen LogP contribution in [0.5, 0.6) is 0 Å². The first-order valence-corrected chi connectivity index (χ1v) is 6.64. The lowest BCUT2D eigenvalue weighted by molar-refractivity contribution is -0.384. The number of nitrogens with zero attached hydrogens (tertiary/aromatic N) is 1. The van der Waals surface area contributed by atoms with E-state index in [9.17, 15) is 18.5 Å². The molecule has 0 bridgehead atoms. The van der Waals surface area contributed by atoms with Gasteiger partial charge in [0.15, 0.2) is 0 Å². The number of hydrogen-bond acceptors (Lipinski definition) is 6. The molecular weight excluding hydrogens is 286 g/mol. The van der Waals surface area contributed by atoms with Crippen LogP contribution in [-0.4, -0.2) is 32.7 Å². The summed E-state index contributed by atoms with van der Waals surface area (Å²) in [6.07, 6.45) is -0.220. The molecule has 0 aromatic heterocycles. The van der Waals surface area contributed by atoms with Gasteiger partial charge in [0.1, 0.15) is 16.0 Å². The molecule has 1 atom stereocenters. The quantitative estimate of drug-likeness (QED) is 0.352. The van der Waals surface area contributed by atoms with Crippen LogP contribution >= 0.6 is 11.6 Å². The molecule has 0 aliphatic carbocycles. The second kappa shape index (κ2) is 4.81. The van der Waals surface area contributed by atoms with Gasteiger partial charge in [0.2, 0.25) is 0 Å². The fraction of sp³-hybridized carbons (Fsp3) is 0.333. The molecule has 1 saturated heterocycles. The third-order valence-corrected chi connectivity index (χ3v) is 3.81. The normalized spacial score (nSPS) is 18.6. The Morgan fingerprint density at radius 2 is 2.22 bits per heavy atom. The number of halogens is 1. The van der Waals surface area contributed by atoms with Crippen LogP contribution in [0, 0.1) is 10.1 Å². The van der Waals surface area contributed by atoms with E-state index in [-0.39, 0.29) is 22.6 Å². The predicted molar refractivity (Wildman–Crippen MR) is 61.0 cm³/mol. The fourth-order valence-corrected chi connectivity index (χ4v) is 2.33. The van der Waals surface area contributed by atoms with Gasteiger partial charge in [-0.2, -0.15) is 8.42 Å². The Labute approximate surface area is 108 Å². The van der Waals surface area contributed by atoms with Crippen molar-refractivity contribution in [1.82, 2.24) is 0 Å². The molecular formula is C9H8ClNO6S. The van der Waals surface area contributed by atoms with Crippen molar-refractivity contribution in [3.63, 3.8) is 0 Å². The lowest BCUT2D eigenvalue weighted by Gasteiger charge is -2.04. The van der Waals surface area contributed by atoms with E-state index in [1.807, 2.05) is 0 Å². The maximum Gasteiger partial charge on any atom is 0.297 e. The topological polar surface area (TPSA) is 99.0 Å². The number of nitro benzene ring substituents is 1. The molecule has 2 rings (SSSR count). The van der Waals surface area contributed by atoms with Gasteiger partial charge in [0, 0.05) is 6.07 Å². The molecule has 0 radical (unpaired) electrons. The van der Waals surface area contributed by atoms with E-state index in [1.165, 1.54) is 0 Å². The van der Waals surface area contributed by atoms with Gasteiger partial charge in [0.25, 0.3) is 15.8 Å². The molecule has 9 heteroatoms. The number of benzene rings is 1. The molecule has 98 valence electrons. The molecule has 18 heavy (non-hydrogen) atoms. The molecule has 1 aliphatic heterocycles. The van der Waals surface area contributed by atoms with E-state index in [0.29, 0.717) is 6.61 Å². The summed E-state index contributed by atoms with van der Waals surface area (Å²) in [5.41, 5.74) is -0.482. The molecule has 0 N–H and O–H groups in total. The number of epoxide rings is 1. The van der Waals surface area contributed by atoms with Gasteiger partial charge in [-0.25, -0.2) is 0 Å². The number of ether oxygens (including phenoxy) is 1. The molecule has 1 aliphatic rings. The Morgan fingerprint density at radius 1 is 1.56 bits per heavy atom. The van der Waals surface area contributed by atoms with Crippen molar-refractivity contribution in [2.75, 3.05) is 13.2 Å². The zero-order chi connectivity index (χ0) is 13.3. The van der Waals surface area contributed by atoms with Crippen LogP contribution in [0.25, 0.3) is 0 Å². The van der Waals surface area contributed by atoms with E-state index in [1.54, 1.807) is 0 Å². The molecule has 1 heterocycles. The highest BCUT2D eigenvalue weighted by atomic mass is 35.5. The predicted octanol–water partition coefficient (Wildman–Crippen LogP) is 1.35. The van der Waals surface area contributed by atoms with Crippen LogP contribution in [0.4, 0.5) is 5.69 Å². The summed E-state index contributed by atoms with van der Waals surface area (Å²) in [6, 6.07) is 3.16. The first-order valence-electron chi connectivity index (χ1n) is 4.85. The van der Waals surface area contributed by atoms with Gasteiger partial charge < -0.3 is 4.74 Å². The minimum atomic E-state index is -4.03. The minimum Gasteiger partial charge on any atom is -0.371 e. The third-order valence-electron chi connectivity index (χ3n) is 2.21. The summed E-state index contributed by atoms with van der Waals surface area (Å²) in [5.74, 6) is 0. The molecule has 0 amide bonds. The Balaban J connectivity index is 2.25. The van der Waals surface area contributed by atoms with Crippen molar-refractivity contribution in [2.24, 2.45) is 0 Å². The summed E-state index contributed by atoms with van der Waals surface area (Å²) in [6.45, 7) is 0.356. The van der Waals surface area contributed by atoms with Gasteiger partial charge in [-0.1, -0.05) is 11.6 Å².